The van der Waals surface area contributed by atoms with E-state index in [1.165, 1.54) is 6.92 Å². The Morgan fingerprint density at radius 1 is 1.18 bits per heavy atom. The molecule has 0 fully saturated rings. The molecule has 2 N–H and O–H groups in total. The molecule has 1 aromatic carbocycles. The van der Waals surface area contributed by atoms with Crippen LogP contribution in [0.5, 0.6) is 0 Å². The summed E-state index contributed by atoms with van der Waals surface area (Å²) in [5.41, 5.74) is 0.519. The number of hydrogen-bond acceptors (Lipinski definition) is 6. The third-order valence-electron chi connectivity index (χ3n) is 6.19. The lowest BCUT2D eigenvalue weighted by molar-refractivity contribution is -0.0974. The first kappa shape index (κ1) is 23.6. The number of rotatable bonds is 3. The van der Waals surface area contributed by atoms with E-state index < -0.39 is 27.8 Å². The van der Waals surface area contributed by atoms with Gasteiger partial charge in [0, 0.05) is 41.5 Å². The molecule has 2 atom stereocenters. The highest BCUT2D eigenvalue weighted by atomic mass is 32.2. The number of guanidine groups is 1. The van der Waals surface area contributed by atoms with Crippen molar-refractivity contribution in [3.63, 3.8) is 0 Å². The van der Waals surface area contributed by atoms with Crippen LogP contribution in [-0.4, -0.2) is 60.6 Å². The summed E-state index contributed by atoms with van der Waals surface area (Å²) in [6, 6.07) is 6.66. The van der Waals surface area contributed by atoms with Crippen LogP contribution < -0.4 is 5.32 Å². The zero-order valence-electron chi connectivity index (χ0n) is 18.8. The van der Waals surface area contributed by atoms with Gasteiger partial charge in [0.2, 0.25) is 0 Å². The first-order valence-corrected chi connectivity index (χ1v) is 12.6. The van der Waals surface area contributed by atoms with Gasteiger partial charge >= 0.3 is 6.18 Å². The van der Waals surface area contributed by atoms with E-state index in [-0.39, 0.29) is 34.9 Å². The number of aliphatic hydroxyl groups excluding tert-OH is 1. The van der Waals surface area contributed by atoms with E-state index in [1.807, 2.05) is 29.4 Å². The molecular formula is C22H27F3N4O3S. The van der Waals surface area contributed by atoms with Crippen LogP contribution >= 0.6 is 0 Å². The van der Waals surface area contributed by atoms with Gasteiger partial charge < -0.3 is 19.9 Å². The zero-order valence-corrected chi connectivity index (χ0v) is 19.6. The van der Waals surface area contributed by atoms with Crippen molar-refractivity contribution in [1.29, 1.82) is 0 Å². The second kappa shape index (κ2) is 8.05. The number of aliphatic imine (C=N–C) groups is 1. The highest BCUT2D eigenvalue weighted by molar-refractivity contribution is 7.90. The number of nitrogens with zero attached hydrogens (tertiary/aromatic N) is 3. The molecule has 0 radical (unpaired) electrons. The first-order valence-electron chi connectivity index (χ1n) is 10.7. The van der Waals surface area contributed by atoms with Gasteiger partial charge in [0.1, 0.15) is 5.70 Å². The molecule has 1 aromatic heterocycles. The second-order valence-electron chi connectivity index (χ2n) is 8.93. The summed E-state index contributed by atoms with van der Waals surface area (Å²) < 4.78 is 67.2. The van der Waals surface area contributed by atoms with Crippen molar-refractivity contribution in [2.24, 2.45) is 10.9 Å². The van der Waals surface area contributed by atoms with Gasteiger partial charge in [-0.15, -0.1) is 0 Å². The standard InChI is InChI=1S/C22H27F3N4O3S/c1-12(2)19-18-9-14-5-6-15(33(4,31)32)10-17(14)28(18)7-8-29(19)21-26-11-16(13(3)30)20(27-21)22(23,24)25/h5-6,9-10,12-13,19,30H,7-8,11H2,1-4H3,(H,26,27)/t13?,19-/m1/s1. The van der Waals surface area contributed by atoms with Gasteiger partial charge in [-0.25, -0.2) is 13.4 Å². The minimum absolute atomic E-state index is 0.0312. The van der Waals surface area contributed by atoms with Gasteiger partial charge in [-0.3, -0.25) is 0 Å². The first-order chi connectivity index (χ1) is 15.3. The van der Waals surface area contributed by atoms with E-state index in [1.54, 1.807) is 18.2 Å². The Labute approximate surface area is 190 Å². The fourth-order valence-electron chi connectivity index (χ4n) is 4.65. The molecule has 11 heteroatoms. The van der Waals surface area contributed by atoms with E-state index >= 15 is 0 Å². The maximum atomic E-state index is 13.7. The molecule has 4 rings (SSSR count). The van der Waals surface area contributed by atoms with Crippen LogP contribution in [0.25, 0.3) is 10.9 Å². The summed E-state index contributed by atoms with van der Waals surface area (Å²) >= 11 is 0. The average Bonchev–Trinajstić information content (AvgIpc) is 3.08. The number of nitrogens with one attached hydrogen (secondary N) is 1. The highest BCUT2D eigenvalue weighted by Crippen LogP contribution is 2.38. The summed E-state index contributed by atoms with van der Waals surface area (Å²) in [5.74, 6) is 0.155. The highest BCUT2D eigenvalue weighted by Gasteiger charge is 2.42. The number of allylic oxidation sites excluding steroid dienone is 1. The van der Waals surface area contributed by atoms with Crippen molar-refractivity contribution in [1.82, 2.24) is 14.8 Å². The van der Waals surface area contributed by atoms with Gasteiger partial charge in [0.05, 0.1) is 23.6 Å². The molecule has 0 amide bonds. The van der Waals surface area contributed by atoms with E-state index in [4.69, 9.17) is 0 Å². The van der Waals surface area contributed by atoms with Crippen molar-refractivity contribution in [2.45, 2.75) is 50.5 Å². The lowest BCUT2D eigenvalue weighted by Gasteiger charge is -2.42. The summed E-state index contributed by atoms with van der Waals surface area (Å²) in [5, 5.41) is 13.1. The molecule has 2 aromatic rings. The number of aliphatic hydroxyl groups is 1. The van der Waals surface area contributed by atoms with Crippen LogP contribution in [0.2, 0.25) is 0 Å². The number of aromatic nitrogens is 1. The summed E-state index contributed by atoms with van der Waals surface area (Å²) in [6.07, 6.45) is -4.76. The molecule has 1 unspecified atom stereocenters. The third-order valence-corrected chi connectivity index (χ3v) is 7.30. The molecule has 0 saturated heterocycles. The largest absolute Gasteiger partial charge is 0.431 e. The Hall–Kier alpha value is -2.53. The maximum absolute atomic E-state index is 13.7. The van der Waals surface area contributed by atoms with Crippen LogP contribution in [0.15, 0.2) is 45.4 Å². The lowest BCUT2D eigenvalue weighted by Crippen LogP contribution is -2.52. The normalized spacial score (nSPS) is 20.7. The number of alkyl halides is 3. The van der Waals surface area contributed by atoms with E-state index in [0.717, 1.165) is 22.9 Å². The van der Waals surface area contributed by atoms with Gasteiger partial charge in [0.15, 0.2) is 15.8 Å². The Morgan fingerprint density at radius 2 is 1.88 bits per heavy atom. The van der Waals surface area contributed by atoms with Crippen LogP contribution in [-0.2, 0) is 16.4 Å². The molecule has 2 aliphatic heterocycles. The smallest absolute Gasteiger partial charge is 0.389 e. The van der Waals surface area contributed by atoms with Crippen LogP contribution in [0, 0.1) is 5.92 Å². The summed E-state index contributed by atoms with van der Waals surface area (Å²) in [6.45, 7) is 5.88. The van der Waals surface area contributed by atoms with Crippen molar-refractivity contribution in [3.05, 3.63) is 41.2 Å². The van der Waals surface area contributed by atoms with Gasteiger partial charge in [-0.05, 0) is 31.0 Å². The topological polar surface area (TPSA) is 86.9 Å². The quantitative estimate of drug-likeness (QED) is 0.699. The lowest BCUT2D eigenvalue weighted by atomic mass is 9.97. The number of fused-ring (bicyclic) bond motifs is 3. The molecule has 3 heterocycles. The average molecular weight is 485 g/mol. The van der Waals surface area contributed by atoms with E-state index in [0.29, 0.717) is 13.1 Å². The number of benzene rings is 1. The molecule has 0 aliphatic carbocycles. The molecule has 0 bridgehead atoms. The monoisotopic (exact) mass is 484 g/mol. The number of halogens is 3. The van der Waals surface area contributed by atoms with Crippen molar-refractivity contribution >= 4 is 26.7 Å². The predicted molar refractivity (Wildman–Crippen MR) is 120 cm³/mol. The van der Waals surface area contributed by atoms with Crippen molar-refractivity contribution in [3.8, 4) is 0 Å². The Bertz CT molecular complexity index is 1260. The van der Waals surface area contributed by atoms with E-state index in [9.17, 15) is 26.7 Å². The SMILES string of the molecule is CC(O)C1=C(C(F)(F)F)NC(N2CCn3c(cc4ccc(S(C)(=O)=O)cc43)[C@H]2C(C)C)=NC1. The zero-order chi connectivity index (χ0) is 24.3. The van der Waals surface area contributed by atoms with Crippen molar-refractivity contribution in [2.75, 3.05) is 19.3 Å². The fourth-order valence-corrected chi connectivity index (χ4v) is 5.29. The molecule has 0 spiro atoms. The molecule has 0 saturated carbocycles. The summed E-state index contributed by atoms with van der Waals surface area (Å²) in [4.78, 5) is 6.41. The van der Waals surface area contributed by atoms with Crippen LogP contribution in [0.4, 0.5) is 13.2 Å². The Morgan fingerprint density at radius 3 is 2.45 bits per heavy atom. The van der Waals surface area contributed by atoms with Crippen molar-refractivity contribution < 1.29 is 26.7 Å². The number of hydrogen-bond donors (Lipinski definition) is 2. The Balaban J connectivity index is 1.75. The Kier molecular flexibility index (Phi) is 5.76. The fraction of sp³-hybridized carbons (Fsp3) is 0.500. The van der Waals surface area contributed by atoms with Crippen LogP contribution in [0.3, 0.4) is 0 Å². The number of sulfone groups is 1. The second-order valence-corrected chi connectivity index (χ2v) is 11.0. The molecule has 2 aliphatic rings. The van der Waals surface area contributed by atoms with Crippen LogP contribution in [0.1, 0.15) is 32.5 Å². The molecule has 33 heavy (non-hydrogen) atoms. The minimum Gasteiger partial charge on any atom is -0.389 e. The summed E-state index contributed by atoms with van der Waals surface area (Å²) in [7, 11) is -3.37. The van der Waals surface area contributed by atoms with Gasteiger partial charge in [-0.1, -0.05) is 19.9 Å². The molecular weight excluding hydrogens is 457 g/mol. The maximum Gasteiger partial charge on any atom is 0.431 e. The van der Waals surface area contributed by atoms with E-state index in [2.05, 4.69) is 10.3 Å². The van der Waals surface area contributed by atoms with Gasteiger partial charge in [-0.2, -0.15) is 13.2 Å². The predicted octanol–water partition coefficient (Wildman–Crippen LogP) is 3.21. The minimum atomic E-state index is -4.65. The third kappa shape index (κ3) is 4.23. The molecule has 180 valence electrons. The molecule has 7 nitrogen and oxygen atoms in total. The van der Waals surface area contributed by atoms with Gasteiger partial charge in [0.25, 0.3) is 0 Å².